The second-order valence-electron chi connectivity index (χ2n) is 8.00. The number of nitrogens with zero attached hydrogens (tertiary/aromatic N) is 2. The van der Waals surface area contributed by atoms with Crippen LogP contribution in [0.25, 0.3) is 17.3 Å². The van der Waals surface area contributed by atoms with Gasteiger partial charge in [-0.15, -0.1) is 0 Å². The van der Waals surface area contributed by atoms with Crippen LogP contribution in [-0.2, 0) is 27.2 Å². The topological polar surface area (TPSA) is 130 Å². The summed E-state index contributed by atoms with van der Waals surface area (Å²) in [6.45, 7) is 0.639. The third-order valence-corrected chi connectivity index (χ3v) is 5.92. The predicted molar refractivity (Wildman–Crippen MR) is 132 cm³/mol. The van der Waals surface area contributed by atoms with Crippen molar-refractivity contribution in [2.75, 3.05) is 19.5 Å². The number of nitrogens with one attached hydrogen (secondary N) is 1. The quantitative estimate of drug-likeness (QED) is 0.227. The number of methoxy groups -OCH3 is 2. The Hall–Kier alpha value is -4.73. The summed E-state index contributed by atoms with van der Waals surface area (Å²) in [6.07, 6.45) is 4.05. The lowest BCUT2D eigenvalue weighted by molar-refractivity contribution is -0.385. The van der Waals surface area contributed by atoms with Crippen molar-refractivity contribution in [1.82, 2.24) is 4.57 Å². The number of nitro groups is 1. The van der Waals surface area contributed by atoms with E-state index in [1.807, 2.05) is 4.57 Å². The van der Waals surface area contributed by atoms with Crippen molar-refractivity contribution in [3.63, 3.8) is 0 Å². The second-order valence-corrected chi connectivity index (χ2v) is 8.00. The SMILES string of the molecule is COC(=O)c1c(C(=O)OC)c(-c2ccc(NC(=O)C=Cc3ccccc3[N+](=O)[O-])cc2)n2c1CCC2. The molecule has 0 radical (unpaired) electrons. The molecular formula is C26H23N3O7. The molecule has 1 N–H and O–H groups in total. The van der Waals surface area contributed by atoms with Crippen LogP contribution in [0.2, 0.25) is 0 Å². The summed E-state index contributed by atoms with van der Waals surface area (Å²) in [5.74, 6) is -1.70. The highest BCUT2D eigenvalue weighted by Crippen LogP contribution is 2.37. The van der Waals surface area contributed by atoms with Gasteiger partial charge in [0.15, 0.2) is 0 Å². The molecule has 1 aliphatic heterocycles. The number of carbonyl (C=O) groups is 3. The van der Waals surface area contributed by atoms with Gasteiger partial charge in [-0.2, -0.15) is 0 Å². The summed E-state index contributed by atoms with van der Waals surface area (Å²) in [7, 11) is 2.52. The van der Waals surface area contributed by atoms with Crippen molar-refractivity contribution >= 4 is 35.3 Å². The number of para-hydroxylation sites is 1. The molecule has 1 aromatic heterocycles. The van der Waals surface area contributed by atoms with Crippen molar-refractivity contribution in [3.8, 4) is 11.3 Å². The molecule has 3 aromatic rings. The van der Waals surface area contributed by atoms with Crippen LogP contribution >= 0.6 is 0 Å². The molecule has 0 atom stereocenters. The monoisotopic (exact) mass is 489 g/mol. The summed E-state index contributed by atoms with van der Waals surface area (Å²) < 4.78 is 11.8. The largest absolute Gasteiger partial charge is 0.465 e. The number of ether oxygens (including phenoxy) is 2. The lowest BCUT2D eigenvalue weighted by Crippen LogP contribution is -2.12. The smallest absolute Gasteiger partial charge is 0.340 e. The molecule has 0 unspecified atom stereocenters. The van der Waals surface area contributed by atoms with Crippen LogP contribution in [0.3, 0.4) is 0 Å². The minimum Gasteiger partial charge on any atom is -0.465 e. The van der Waals surface area contributed by atoms with Gasteiger partial charge in [-0.1, -0.05) is 24.3 Å². The fraction of sp³-hybridized carbons (Fsp3) is 0.192. The number of amides is 1. The molecule has 0 saturated carbocycles. The summed E-state index contributed by atoms with van der Waals surface area (Å²) in [6, 6.07) is 12.9. The highest BCUT2D eigenvalue weighted by Gasteiger charge is 2.34. The summed E-state index contributed by atoms with van der Waals surface area (Å²) in [5, 5.41) is 13.8. The predicted octanol–water partition coefficient (Wildman–Crippen LogP) is 4.23. The van der Waals surface area contributed by atoms with Gasteiger partial charge in [0, 0.05) is 30.1 Å². The molecule has 36 heavy (non-hydrogen) atoms. The first-order valence-electron chi connectivity index (χ1n) is 11.1. The van der Waals surface area contributed by atoms with Crippen LogP contribution in [0.15, 0.2) is 54.6 Å². The number of rotatable bonds is 7. The van der Waals surface area contributed by atoms with Gasteiger partial charge >= 0.3 is 11.9 Å². The molecule has 184 valence electrons. The Morgan fingerprint density at radius 1 is 1.00 bits per heavy atom. The molecule has 2 heterocycles. The van der Waals surface area contributed by atoms with Crippen molar-refractivity contribution in [1.29, 1.82) is 0 Å². The van der Waals surface area contributed by atoms with E-state index in [1.165, 1.54) is 32.4 Å². The molecule has 2 aromatic carbocycles. The third kappa shape index (κ3) is 4.61. The van der Waals surface area contributed by atoms with E-state index >= 15 is 0 Å². The van der Waals surface area contributed by atoms with E-state index in [1.54, 1.807) is 42.5 Å². The van der Waals surface area contributed by atoms with Gasteiger partial charge < -0.3 is 19.4 Å². The summed E-state index contributed by atoms with van der Waals surface area (Å²) in [5.41, 5.74) is 3.03. The normalized spacial score (nSPS) is 12.3. The Bertz CT molecular complexity index is 1390. The fourth-order valence-corrected chi connectivity index (χ4v) is 4.36. The molecular weight excluding hydrogens is 466 g/mol. The zero-order valence-electron chi connectivity index (χ0n) is 19.6. The standard InChI is InChI=1S/C26H23N3O7/c1-35-25(31)22-20-8-5-15-28(20)24(23(22)26(32)36-2)17-9-12-18(13-10-17)27-21(30)14-11-16-6-3-4-7-19(16)29(33)34/h3-4,6-7,9-14H,5,8,15H2,1-2H3,(H,27,30). The molecule has 10 heteroatoms. The maximum absolute atomic E-state index is 12.7. The lowest BCUT2D eigenvalue weighted by Gasteiger charge is -2.10. The van der Waals surface area contributed by atoms with Crippen LogP contribution in [0.4, 0.5) is 11.4 Å². The Morgan fingerprint density at radius 2 is 1.67 bits per heavy atom. The van der Waals surface area contributed by atoms with Crippen LogP contribution in [-0.4, -0.2) is 41.6 Å². The number of fused-ring (bicyclic) bond motifs is 1. The van der Waals surface area contributed by atoms with Gasteiger partial charge in [-0.05, 0) is 42.7 Å². The molecule has 0 bridgehead atoms. The van der Waals surface area contributed by atoms with Crippen molar-refractivity contribution in [2.45, 2.75) is 19.4 Å². The molecule has 0 aliphatic carbocycles. The summed E-state index contributed by atoms with van der Waals surface area (Å²) >= 11 is 0. The second kappa shape index (κ2) is 10.3. The highest BCUT2D eigenvalue weighted by molar-refractivity contribution is 6.09. The molecule has 0 saturated heterocycles. The average Bonchev–Trinajstić information content (AvgIpc) is 3.48. The number of hydrogen-bond donors (Lipinski definition) is 1. The third-order valence-electron chi connectivity index (χ3n) is 5.92. The molecule has 1 aliphatic rings. The Balaban J connectivity index is 1.61. The van der Waals surface area contributed by atoms with E-state index in [4.69, 9.17) is 9.47 Å². The van der Waals surface area contributed by atoms with Gasteiger partial charge in [0.25, 0.3) is 5.69 Å². The van der Waals surface area contributed by atoms with Crippen molar-refractivity contribution < 1.29 is 28.8 Å². The van der Waals surface area contributed by atoms with Gasteiger partial charge in [-0.3, -0.25) is 14.9 Å². The number of aromatic nitrogens is 1. The van der Waals surface area contributed by atoms with E-state index in [2.05, 4.69) is 5.32 Å². The molecule has 10 nitrogen and oxygen atoms in total. The van der Waals surface area contributed by atoms with E-state index in [0.29, 0.717) is 35.5 Å². The number of anilines is 1. The molecule has 4 rings (SSSR count). The first-order valence-corrected chi connectivity index (χ1v) is 11.1. The van der Waals surface area contributed by atoms with Gasteiger partial charge in [0.05, 0.1) is 36.0 Å². The number of carbonyl (C=O) groups excluding carboxylic acids is 3. The van der Waals surface area contributed by atoms with Crippen LogP contribution < -0.4 is 5.32 Å². The van der Waals surface area contributed by atoms with Gasteiger partial charge in [-0.25, -0.2) is 9.59 Å². The van der Waals surface area contributed by atoms with E-state index in [-0.39, 0.29) is 16.8 Å². The lowest BCUT2D eigenvalue weighted by atomic mass is 10.0. The van der Waals surface area contributed by atoms with Gasteiger partial charge in [0.2, 0.25) is 5.91 Å². The van der Waals surface area contributed by atoms with Crippen LogP contribution in [0, 0.1) is 10.1 Å². The molecule has 0 fully saturated rings. The maximum Gasteiger partial charge on any atom is 0.340 e. The van der Waals surface area contributed by atoms with E-state index in [9.17, 15) is 24.5 Å². The zero-order chi connectivity index (χ0) is 25.8. The minimum atomic E-state index is -0.634. The Kier molecular flexibility index (Phi) is 6.95. The Morgan fingerprint density at radius 3 is 2.33 bits per heavy atom. The average molecular weight is 489 g/mol. The molecule has 0 spiro atoms. The zero-order valence-corrected chi connectivity index (χ0v) is 19.6. The van der Waals surface area contributed by atoms with E-state index in [0.717, 1.165) is 12.1 Å². The number of benzene rings is 2. The number of nitro benzene ring substituents is 1. The van der Waals surface area contributed by atoms with Gasteiger partial charge in [0.1, 0.15) is 5.56 Å². The number of esters is 2. The maximum atomic E-state index is 12.7. The van der Waals surface area contributed by atoms with Crippen molar-refractivity contribution in [3.05, 3.63) is 87.1 Å². The van der Waals surface area contributed by atoms with Crippen molar-refractivity contribution in [2.24, 2.45) is 0 Å². The number of hydrogen-bond acceptors (Lipinski definition) is 7. The minimum absolute atomic E-state index is 0.0987. The highest BCUT2D eigenvalue weighted by atomic mass is 16.6. The first-order chi connectivity index (χ1) is 17.3. The first kappa shape index (κ1) is 24.4. The van der Waals surface area contributed by atoms with E-state index < -0.39 is 22.8 Å². The van der Waals surface area contributed by atoms with Crippen LogP contribution in [0.5, 0.6) is 0 Å². The molecule has 1 amide bonds. The fourth-order valence-electron chi connectivity index (χ4n) is 4.36. The Labute approximate surface area is 206 Å². The summed E-state index contributed by atoms with van der Waals surface area (Å²) in [4.78, 5) is 48.2. The van der Waals surface area contributed by atoms with Crippen LogP contribution in [0.1, 0.15) is 38.4 Å².